The molecule has 2 fully saturated rings. The van der Waals surface area contributed by atoms with E-state index in [9.17, 15) is 9.59 Å². The van der Waals surface area contributed by atoms with Crippen LogP contribution in [-0.2, 0) is 24.9 Å². The molecule has 0 aromatic carbocycles. The molecular formula is C24H29N5O2. The minimum absolute atomic E-state index is 0.0432. The third-order valence-electron chi connectivity index (χ3n) is 7.67. The molecule has 1 saturated carbocycles. The molecule has 0 unspecified atom stereocenters. The fourth-order valence-electron chi connectivity index (χ4n) is 5.72. The zero-order valence-electron chi connectivity index (χ0n) is 18.1. The van der Waals surface area contributed by atoms with Gasteiger partial charge in [0, 0.05) is 44.2 Å². The highest BCUT2D eigenvalue weighted by molar-refractivity contribution is 5.92. The molecule has 2 aromatic heterocycles. The Bertz CT molecular complexity index is 1120. The third-order valence-corrected chi connectivity index (χ3v) is 7.67. The number of nitrogens with zero attached hydrogens (tertiary/aromatic N) is 5. The standard InChI is InChI=1S/C24H29N5O2/c1-16-4-8-25-20(12-16)22(31)28-9-5-19-18(14-28)21(30)29-11-7-24(23(29)26-19)6-10-27(15-24)13-17-2-3-17/h4,8,12,17H,2-3,5-7,9-11,13-15H2,1H3/t24-/m1/s1. The maximum absolute atomic E-state index is 13.4. The molecule has 3 aliphatic heterocycles. The number of aryl methyl sites for hydroxylation is 1. The smallest absolute Gasteiger partial charge is 0.272 e. The van der Waals surface area contributed by atoms with Crippen molar-refractivity contribution in [3.63, 3.8) is 0 Å². The zero-order valence-corrected chi connectivity index (χ0v) is 18.1. The number of amides is 1. The van der Waals surface area contributed by atoms with Gasteiger partial charge in [-0.1, -0.05) is 0 Å². The van der Waals surface area contributed by atoms with E-state index in [-0.39, 0.29) is 16.9 Å². The molecule has 1 atom stereocenters. The van der Waals surface area contributed by atoms with Crippen LogP contribution in [-0.4, -0.2) is 56.4 Å². The summed E-state index contributed by atoms with van der Waals surface area (Å²) in [5.74, 6) is 1.79. The second kappa shape index (κ2) is 6.99. The first-order valence-electron chi connectivity index (χ1n) is 11.6. The maximum Gasteiger partial charge on any atom is 0.272 e. The van der Waals surface area contributed by atoms with Gasteiger partial charge in [-0.25, -0.2) is 4.98 Å². The maximum atomic E-state index is 13.4. The number of pyridine rings is 1. The molecule has 162 valence electrons. The summed E-state index contributed by atoms with van der Waals surface area (Å²) in [6.45, 7) is 6.98. The third kappa shape index (κ3) is 3.21. The van der Waals surface area contributed by atoms with Gasteiger partial charge in [-0.15, -0.1) is 0 Å². The van der Waals surface area contributed by atoms with Crippen molar-refractivity contribution in [1.82, 2.24) is 24.3 Å². The summed E-state index contributed by atoms with van der Waals surface area (Å²) in [7, 11) is 0. The molecule has 31 heavy (non-hydrogen) atoms. The topological polar surface area (TPSA) is 71.3 Å². The molecule has 7 nitrogen and oxygen atoms in total. The predicted octanol–water partition coefficient (Wildman–Crippen LogP) is 1.90. The fraction of sp³-hybridized carbons (Fsp3) is 0.583. The van der Waals surface area contributed by atoms with Crippen LogP contribution in [0.2, 0.25) is 0 Å². The Morgan fingerprint density at radius 3 is 2.87 bits per heavy atom. The molecule has 2 aromatic rings. The molecule has 5 heterocycles. The van der Waals surface area contributed by atoms with Gasteiger partial charge in [0.05, 0.1) is 17.8 Å². The van der Waals surface area contributed by atoms with E-state index in [1.165, 1.54) is 19.4 Å². The molecule has 0 bridgehead atoms. The van der Waals surface area contributed by atoms with Crippen molar-refractivity contribution in [1.29, 1.82) is 0 Å². The van der Waals surface area contributed by atoms with Gasteiger partial charge >= 0.3 is 0 Å². The molecule has 0 radical (unpaired) electrons. The van der Waals surface area contributed by atoms with Crippen LogP contribution in [0.5, 0.6) is 0 Å². The Labute approximate surface area is 182 Å². The van der Waals surface area contributed by atoms with Crippen LogP contribution in [0.25, 0.3) is 0 Å². The fourth-order valence-corrected chi connectivity index (χ4v) is 5.72. The SMILES string of the molecule is Cc1ccnc(C(=O)N2CCc3nc4n(c(=O)c3C2)CC[C@@]42CCN(CC3CC3)C2)c1. The normalized spacial score (nSPS) is 25.1. The number of aromatic nitrogens is 3. The van der Waals surface area contributed by atoms with E-state index in [2.05, 4.69) is 9.88 Å². The lowest BCUT2D eigenvalue weighted by Gasteiger charge is -2.29. The van der Waals surface area contributed by atoms with E-state index in [4.69, 9.17) is 4.98 Å². The first-order valence-corrected chi connectivity index (χ1v) is 11.6. The molecule has 7 heteroatoms. The Kier molecular flexibility index (Phi) is 4.32. The molecule has 1 saturated heterocycles. The summed E-state index contributed by atoms with van der Waals surface area (Å²) >= 11 is 0. The van der Waals surface area contributed by atoms with E-state index in [0.29, 0.717) is 30.8 Å². The van der Waals surface area contributed by atoms with Crippen molar-refractivity contribution in [2.75, 3.05) is 26.2 Å². The van der Waals surface area contributed by atoms with Gasteiger partial charge in [0.2, 0.25) is 0 Å². The average Bonchev–Trinajstić information content (AvgIpc) is 3.39. The molecule has 0 N–H and O–H groups in total. The number of carbonyl (C=O) groups is 1. The Morgan fingerprint density at radius 2 is 2.06 bits per heavy atom. The van der Waals surface area contributed by atoms with E-state index in [1.54, 1.807) is 11.1 Å². The van der Waals surface area contributed by atoms with Crippen LogP contribution in [0.1, 0.15) is 58.8 Å². The molecule has 4 aliphatic rings. The first kappa shape index (κ1) is 19.2. The van der Waals surface area contributed by atoms with Gasteiger partial charge in [-0.05, 0) is 62.8 Å². The van der Waals surface area contributed by atoms with Crippen molar-refractivity contribution in [3.8, 4) is 0 Å². The highest BCUT2D eigenvalue weighted by atomic mass is 16.2. The van der Waals surface area contributed by atoms with Crippen molar-refractivity contribution in [2.45, 2.75) is 57.5 Å². The molecule has 1 aliphatic carbocycles. The summed E-state index contributed by atoms with van der Waals surface area (Å²) in [5.41, 5.74) is 3.15. The van der Waals surface area contributed by atoms with Crippen LogP contribution in [0.4, 0.5) is 0 Å². The highest BCUT2D eigenvalue weighted by Gasteiger charge is 2.47. The average molecular weight is 420 g/mol. The van der Waals surface area contributed by atoms with Crippen LogP contribution < -0.4 is 5.56 Å². The molecule has 1 amide bonds. The minimum Gasteiger partial charge on any atom is -0.332 e. The van der Waals surface area contributed by atoms with Crippen molar-refractivity contribution >= 4 is 5.91 Å². The Balaban J connectivity index is 1.28. The number of likely N-dealkylation sites (tertiary alicyclic amines) is 1. The van der Waals surface area contributed by atoms with E-state index < -0.39 is 0 Å². The van der Waals surface area contributed by atoms with Crippen molar-refractivity contribution in [3.05, 3.63) is 57.0 Å². The number of fused-ring (bicyclic) bond motifs is 3. The lowest BCUT2D eigenvalue weighted by Crippen LogP contribution is -2.42. The van der Waals surface area contributed by atoms with Gasteiger partial charge in [-0.2, -0.15) is 0 Å². The summed E-state index contributed by atoms with van der Waals surface area (Å²) < 4.78 is 1.92. The summed E-state index contributed by atoms with van der Waals surface area (Å²) in [4.78, 5) is 40.1. The lowest BCUT2D eigenvalue weighted by molar-refractivity contribution is 0.0726. The van der Waals surface area contributed by atoms with Gasteiger partial charge in [0.1, 0.15) is 11.5 Å². The van der Waals surface area contributed by atoms with Crippen molar-refractivity contribution < 1.29 is 4.79 Å². The number of hydrogen-bond acceptors (Lipinski definition) is 5. The second-order valence-electron chi connectivity index (χ2n) is 9.97. The first-order chi connectivity index (χ1) is 15.0. The van der Waals surface area contributed by atoms with E-state index in [1.807, 2.05) is 23.6 Å². The van der Waals surface area contributed by atoms with Gasteiger partial charge in [0.25, 0.3) is 11.5 Å². The van der Waals surface area contributed by atoms with E-state index >= 15 is 0 Å². The Morgan fingerprint density at radius 1 is 1.23 bits per heavy atom. The number of rotatable bonds is 3. The van der Waals surface area contributed by atoms with Crippen LogP contribution in [0.3, 0.4) is 0 Å². The monoisotopic (exact) mass is 419 g/mol. The van der Waals surface area contributed by atoms with Gasteiger partial charge in [0.15, 0.2) is 0 Å². The zero-order chi connectivity index (χ0) is 21.2. The molecule has 1 spiro atoms. The van der Waals surface area contributed by atoms with Crippen LogP contribution in [0.15, 0.2) is 23.1 Å². The summed E-state index contributed by atoms with van der Waals surface area (Å²) in [6, 6.07) is 3.69. The Hall–Kier alpha value is -2.54. The molecule has 6 rings (SSSR count). The number of carbonyl (C=O) groups excluding carboxylic acids is 1. The lowest BCUT2D eigenvalue weighted by atomic mass is 9.85. The summed E-state index contributed by atoms with van der Waals surface area (Å²) in [6.07, 6.45) is 7.16. The van der Waals surface area contributed by atoms with Crippen LogP contribution >= 0.6 is 0 Å². The predicted molar refractivity (Wildman–Crippen MR) is 116 cm³/mol. The van der Waals surface area contributed by atoms with Crippen LogP contribution in [0, 0.1) is 12.8 Å². The molecular weight excluding hydrogens is 390 g/mol. The number of hydrogen-bond donors (Lipinski definition) is 0. The second-order valence-corrected chi connectivity index (χ2v) is 9.97. The quantitative estimate of drug-likeness (QED) is 0.760. The van der Waals surface area contributed by atoms with Crippen molar-refractivity contribution in [2.24, 2.45) is 5.92 Å². The van der Waals surface area contributed by atoms with E-state index in [0.717, 1.165) is 55.5 Å². The van der Waals surface area contributed by atoms with Gasteiger partial charge in [-0.3, -0.25) is 19.1 Å². The highest BCUT2D eigenvalue weighted by Crippen LogP contribution is 2.42. The largest absolute Gasteiger partial charge is 0.332 e. The minimum atomic E-state index is -0.109. The van der Waals surface area contributed by atoms with Gasteiger partial charge < -0.3 is 9.80 Å². The summed E-state index contributed by atoms with van der Waals surface area (Å²) in [5, 5.41) is 0.